The standard InChI is InChI=1S/C23H25N5O3/c1-15(2)13-24-23(30)25-18-8-6-7-16(11-18)21-26-22(31-27-21)17-12-20(29)28(14-17)19-9-4-3-5-10-19/h3-11,15,17H,12-14H2,1-2H3,(H2,24,25,30)/t17-/m0/s1. The molecule has 0 radical (unpaired) electrons. The summed E-state index contributed by atoms with van der Waals surface area (Å²) < 4.78 is 5.48. The number of nitrogens with zero attached hydrogens (tertiary/aromatic N) is 3. The molecule has 0 aliphatic carbocycles. The molecule has 3 aromatic rings. The normalized spacial score (nSPS) is 16.0. The maximum atomic E-state index is 12.5. The van der Waals surface area contributed by atoms with Crippen molar-refractivity contribution < 1.29 is 14.1 Å². The van der Waals surface area contributed by atoms with Crippen LogP contribution in [0.5, 0.6) is 0 Å². The molecule has 8 nitrogen and oxygen atoms in total. The first-order valence-corrected chi connectivity index (χ1v) is 10.3. The molecule has 1 atom stereocenters. The third kappa shape index (κ3) is 4.91. The SMILES string of the molecule is CC(C)CNC(=O)Nc1cccc(-c2noc([C@H]3CC(=O)N(c4ccccc4)C3)n2)c1. The Morgan fingerprint density at radius 3 is 2.77 bits per heavy atom. The summed E-state index contributed by atoms with van der Waals surface area (Å²) in [6.07, 6.45) is 0.328. The molecule has 2 aromatic carbocycles. The fraction of sp³-hybridized carbons (Fsp3) is 0.304. The van der Waals surface area contributed by atoms with Gasteiger partial charge in [-0.1, -0.05) is 49.3 Å². The Morgan fingerprint density at radius 1 is 1.19 bits per heavy atom. The predicted molar refractivity (Wildman–Crippen MR) is 118 cm³/mol. The number of carbonyl (C=O) groups is 2. The van der Waals surface area contributed by atoms with E-state index in [0.717, 1.165) is 11.3 Å². The monoisotopic (exact) mass is 419 g/mol. The number of para-hydroxylation sites is 1. The third-order valence-electron chi connectivity index (χ3n) is 5.03. The van der Waals surface area contributed by atoms with Crippen molar-refractivity contribution in [2.75, 3.05) is 23.3 Å². The zero-order chi connectivity index (χ0) is 21.8. The molecule has 3 amide bonds. The second kappa shape index (κ2) is 8.99. The van der Waals surface area contributed by atoms with Crippen molar-refractivity contribution in [2.45, 2.75) is 26.2 Å². The van der Waals surface area contributed by atoms with Gasteiger partial charge in [-0.3, -0.25) is 4.79 Å². The van der Waals surface area contributed by atoms with E-state index in [-0.39, 0.29) is 17.9 Å². The van der Waals surface area contributed by atoms with Gasteiger partial charge in [-0.2, -0.15) is 4.98 Å². The molecule has 4 rings (SSSR count). The van der Waals surface area contributed by atoms with E-state index in [4.69, 9.17) is 4.52 Å². The van der Waals surface area contributed by atoms with Crippen molar-refractivity contribution >= 4 is 23.3 Å². The van der Waals surface area contributed by atoms with Gasteiger partial charge in [0.25, 0.3) is 0 Å². The van der Waals surface area contributed by atoms with Gasteiger partial charge in [0.1, 0.15) is 0 Å². The molecule has 1 aromatic heterocycles. The average Bonchev–Trinajstić information content (AvgIpc) is 3.40. The molecule has 1 fully saturated rings. The van der Waals surface area contributed by atoms with E-state index >= 15 is 0 Å². The highest BCUT2D eigenvalue weighted by molar-refractivity contribution is 5.96. The molecule has 0 saturated carbocycles. The van der Waals surface area contributed by atoms with Crippen molar-refractivity contribution in [3.8, 4) is 11.4 Å². The summed E-state index contributed by atoms with van der Waals surface area (Å²) in [5.74, 6) is 1.11. The minimum absolute atomic E-state index is 0.0366. The van der Waals surface area contributed by atoms with Crippen molar-refractivity contribution in [3.05, 3.63) is 60.5 Å². The smallest absolute Gasteiger partial charge is 0.319 e. The average molecular weight is 419 g/mol. The maximum Gasteiger partial charge on any atom is 0.319 e. The Morgan fingerprint density at radius 2 is 2.00 bits per heavy atom. The van der Waals surface area contributed by atoms with E-state index in [1.54, 1.807) is 17.0 Å². The molecule has 0 bridgehead atoms. The van der Waals surface area contributed by atoms with Crippen molar-refractivity contribution in [2.24, 2.45) is 5.92 Å². The molecule has 1 aliphatic heterocycles. The van der Waals surface area contributed by atoms with Gasteiger partial charge in [0, 0.05) is 36.4 Å². The Balaban J connectivity index is 1.44. The summed E-state index contributed by atoms with van der Waals surface area (Å²) in [7, 11) is 0. The number of anilines is 2. The summed E-state index contributed by atoms with van der Waals surface area (Å²) in [5, 5.41) is 9.72. The van der Waals surface area contributed by atoms with E-state index in [9.17, 15) is 9.59 Å². The Bertz CT molecular complexity index is 1060. The minimum Gasteiger partial charge on any atom is -0.339 e. The van der Waals surface area contributed by atoms with Crippen molar-refractivity contribution in [3.63, 3.8) is 0 Å². The van der Waals surface area contributed by atoms with Gasteiger partial charge in [0.15, 0.2) is 0 Å². The van der Waals surface area contributed by atoms with Crippen LogP contribution >= 0.6 is 0 Å². The molecule has 160 valence electrons. The summed E-state index contributed by atoms with van der Waals surface area (Å²) in [6, 6.07) is 16.6. The lowest BCUT2D eigenvalue weighted by molar-refractivity contribution is -0.117. The van der Waals surface area contributed by atoms with Crippen LogP contribution in [-0.4, -0.2) is 35.2 Å². The Labute approximate surface area is 180 Å². The van der Waals surface area contributed by atoms with E-state index < -0.39 is 0 Å². The van der Waals surface area contributed by atoms with Gasteiger partial charge in [0.2, 0.25) is 17.6 Å². The number of hydrogen-bond acceptors (Lipinski definition) is 5. The van der Waals surface area contributed by atoms with Crippen LogP contribution in [0.3, 0.4) is 0 Å². The van der Waals surface area contributed by atoms with Crippen LogP contribution in [0.2, 0.25) is 0 Å². The lowest BCUT2D eigenvalue weighted by Gasteiger charge is -2.15. The number of amides is 3. The summed E-state index contributed by atoms with van der Waals surface area (Å²) in [5.41, 5.74) is 2.22. The van der Waals surface area contributed by atoms with Crippen LogP contribution in [0.25, 0.3) is 11.4 Å². The molecular weight excluding hydrogens is 394 g/mol. The number of carbonyl (C=O) groups excluding carboxylic acids is 2. The van der Waals surface area contributed by atoms with Crippen LogP contribution in [0.4, 0.5) is 16.2 Å². The topological polar surface area (TPSA) is 100 Å². The van der Waals surface area contributed by atoms with E-state index in [1.165, 1.54) is 0 Å². The first kappa shape index (κ1) is 20.6. The van der Waals surface area contributed by atoms with Gasteiger partial charge in [0.05, 0.1) is 5.92 Å². The first-order chi connectivity index (χ1) is 15.0. The number of hydrogen-bond donors (Lipinski definition) is 2. The molecule has 2 heterocycles. The lowest BCUT2D eigenvalue weighted by Crippen LogP contribution is -2.31. The maximum absolute atomic E-state index is 12.5. The molecule has 0 unspecified atom stereocenters. The van der Waals surface area contributed by atoms with Crippen molar-refractivity contribution in [1.29, 1.82) is 0 Å². The van der Waals surface area contributed by atoms with E-state index in [2.05, 4.69) is 20.8 Å². The second-order valence-electron chi connectivity index (χ2n) is 8.01. The van der Waals surface area contributed by atoms with Crippen LogP contribution in [0, 0.1) is 5.92 Å². The minimum atomic E-state index is -0.259. The highest BCUT2D eigenvalue weighted by Gasteiger charge is 2.35. The zero-order valence-corrected chi connectivity index (χ0v) is 17.5. The molecule has 31 heavy (non-hydrogen) atoms. The second-order valence-corrected chi connectivity index (χ2v) is 8.01. The van der Waals surface area contributed by atoms with Crippen molar-refractivity contribution in [1.82, 2.24) is 15.5 Å². The summed E-state index contributed by atoms with van der Waals surface area (Å²) in [4.78, 5) is 30.7. The number of rotatable bonds is 6. The lowest BCUT2D eigenvalue weighted by atomic mass is 10.1. The quantitative estimate of drug-likeness (QED) is 0.628. The fourth-order valence-corrected chi connectivity index (χ4v) is 3.46. The molecular formula is C23H25N5O3. The molecule has 8 heteroatoms. The van der Waals surface area contributed by atoms with Crippen LogP contribution in [-0.2, 0) is 4.79 Å². The molecule has 2 N–H and O–H groups in total. The number of nitrogens with one attached hydrogen (secondary N) is 2. The van der Waals surface area contributed by atoms with Crippen LogP contribution in [0.1, 0.15) is 32.1 Å². The Kier molecular flexibility index (Phi) is 5.97. The zero-order valence-electron chi connectivity index (χ0n) is 17.5. The van der Waals surface area contributed by atoms with Crippen LogP contribution < -0.4 is 15.5 Å². The number of benzene rings is 2. The fourth-order valence-electron chi connectivity index (χ4n) is 3.46. The first-order valence-electron chi connectivity index (χ1n) is 10.3. The number of aromatic nitrogens is 2. The highest BCUT2D eigenvalue weighted by atomic mass is 16.5. The largest absolute Gasteiger partial charge is 0.339 e. The molecule has 1 aliphatic rings. The highest BCUT2D eigenvalue weighted by Crippen LogP contribution is 2.32. The Hall–Kier alpha value is -3.68. The summed E-state index contributed by atoms with van der Waals surface area (Å²) in [6.45, 7) is 5.17. The van der Waals surface area contributed by atoms with Gasteiger partial charge in [-0.25, -0.2) is 4.79 Å². The third-order valence-corrected chi connectivity index (χ3v) is 5.03. The van der Waals surface area contributed by atoms with Gasteiger partial charge < -0.3 is 20.1 Å². The predicted octanol–water partition coefficient (Wildman–Crippen LogP) is 4.03. The van der Waals surface area contributed by atoms with Gasteiger partial charge in [-0.15, -0.1) is 0 Å². The van der Waals surface area contributed by atoms with Gasteiger partial charge in [-0.05, 0) is 30.2 Å². The van der Waals surface area contributed by atoms with E-state index in [0.29, 0.717) is 42.8 Å². The molecule has 0 spiro atoms. The number of urea groups is 1. The van der Waals surface area contributed by atoms with Gasteiger partial charge >= 0.3 is 6.03 Å². The van der Waals surface area contributed by atoms with E-state index in [1.807, 2.05) is 56.3 Å². The summed E-state index contributed by atoms with van der Waals surface area (Å²) >= 11 is 0. The van der Waals surface area contributed by atoms with Crippen LogP contribution in [0.15, 0.2) is 59.1 Å². The molecule has 1 saturated heterocycles.